The minimum Gasteiger partial charge on any atom is -0.347 e. The molecule has 0 unspecified atom stereocenters. The molecular formula is C8H11N3. The molecule has 1 aliphatic heterocycles. The highest BCUT2D eigenvalue weighted by Crippen LogP contribution is 2.19. The highest BCUT2D eigenvalue weighted by molar-refractivity contribution is 5.89. The van der Waals surface area contributed by atoms with Crippen molar-refractivity contribution in [3.63, 3.8) is 0 Å². The lowest BCUT2D eigenvalue weighted by Gasteiger charge is -2.12. The van der Waals surface area contributed by atoms with Crippen LogP contribution in [0.2, 0.25) is 0 Å². The van der Waals surface area contributed by atoms with Gasteiger partial charge in [0, 0.05) is 19.0 Å². The average molecular weight is 149 g/mol. The Bertz CT molecular complexity index is 227. The van der Waals surface area contributed by atoms with Crippen LogP contribution in [-0.4, -0.2) is 23.9 Å². The molecule has 3 heteroatoms. The van der Waals surface area contributed by atoms with Gasteiger partial charge in [-0.25, -0.2) is 0 Å². The van der Waals surface area contributed by atoms with E-state index < -0.39 is 0 Å². The van der Waals surface area contributed by atoms with Gasteiger partial charge in [-0.2, -0.15) is 0 Å². The molecule has 58 valence electrons. The summed E-state index contributed by atoms with van der Waals surface area (Å²) in [5.41, 5.74) is 1.72. The van der Waals surface area contributed by atoms with E-state index in [9.17, 15) is 0 Å². The van der Waals surface area contributed by atoms with Gasteiger partial charge in [-0.3, -0.25) is 0 Å². The lowest BCUT2D eigenvalue weighted by atomic mass is 10.2. The Morgan fingerprint density at radius 3 is 2.55 bits per heavy atom. The highest BCUT2D eigenvalue weighted by Gasteiger charge is 2.16. The monoisotopic (exact) mass is 149 g/mol. The molecule has 0 spiro atoms. The normalized spacial score (nSPS) is 16.9. The summed E-state index contributed by atoms with van der Waals surface area (Å²) < 4.78 is 0. The average Bonchev–Trinajstić information content (AvgIpc) is 2.45. The highest BCUT2D eigenvalue weighted by atomic mass is 15.1. The van der Waals surface area contributed by atoms with Gasteiger partial charge in [0.25, 0.3) is 0 Å². The molecule has 0 saturated heterocycles. The third-order valence-electron chi connectivity index (χ3n) is 1.79. The van der Waals surface area contributed by atoms with Crippen LogP contribution in [0.3, 0.4) is 0 Å². The molecule has 1 aliphatic rings. The fraction of sp³-hybridized carbons (Fsp3) is 0.250. The molecule has 0 aliphatic carbocycles. The van der Waals surface area contributed by atoms with Crippen LogP contribution in [-0.2, 0) is 0 Å². The zero-order valence-electron chi connectivity index (χ0n) is 6.30. The Morgan fingerprint density at radius 2 is 2.09 bits per heavy atom. The molecule has 1 rings (SSSR count). The molecule has 0 saturated carbocycles. The van der Waals surface area contributed by atoms with Crippen molar-refractivity contribution >= 4 is 12.4 Å². The predicted molar refractivity (Wildman–Crippen MR) is 46.1 cm³/mol. The van der Waals surface area contributed by atoms with Gasteiger partial charge in [0.2, 0.25) is 0 Å². The number of nitrogens with zero attached hydrogens (tertiary/aromatic N) is 1. The quantitative estimate of drug-likeness (QED) is 0.585. The fourth-order valence-electron chi connectivity index (χ4n) is 1.19. The second kappa shape index (κ2) is 3.14. The maximum Gasteiger partial charge on any atom is 0.0633 e. The first-order chi connectivity index (χ1) is 5.33. The smallest absolute Gasteiger partial charge is 0.0633 e. The second-order valence-electron chi connectivity index (χ2n) is 2.33. The summed E-state index contributed by atoms with van der Waals surface area (Å²) in [4.78, 5) is 1.88. The first-order valence-electron chi connectivity index (χ1n) is 3.46. The van der Waals surface area contributed by atoms with Crippen molar-refractivity contribution in [1.82, 2.24) is 4.90 Å². The molecule has 2 N–H and O–H groups in total. The topological polar surface area (TPSA) is 50.9 Å². The molecule has 0 amide bonds. The van der Waals surface area contributed by atoms with Gasteiger partial charge in [0.1, 0.15) is 0 Å². The number of rotatable bonds is 3. The van der Waals surface area contributed by atoms with Crippen LogP contribution in [0.25, 0.3) is 0 Å². The Labute approximate surface area is 66.0 Å². The molecule has 0 atom stereocenters. The maximum atomic E-state index is 7.09. The van der Waals surface area contributed by atoms with Gasteiger partial charge >= 0.3 is 0 Å². The summed E-state index contributed by atoms with van der Waals surface area (Å²) in [6.45, 7) is 4.47. The molecular weight excluding hydrogens is 138 g/mol. The van der Waals surface area contributed by atoms with E-state index in [4.69, 9.17) is 10.8 Å². The number of hydrogen-bond donors (Lipinski definition) is 2. The van der Waals surface area contributed by atoms with Gasteiger partial charge in [0.15, 0.2) is 0 Å². The van der Waals surface area contributed by atoms with Crippen LogP contribution in [0.5, 0.6) is 0 Å². The Balaban J connectivity index is 2.94. The Hall–Kier alpha value is -1.38. The second-order valence-corrected chi connectivity index (χ2v) is 2.33. The van der Waals surface area contributed by atoms with Crippen molar-refractivity contribution < 1.29 is 0 Å². The van der Waals surface area contributed by atoms with E-state index >= 15 is 0 Å². The molecule has 0 radical (unpaired) electrons. The van der Waals surface area contributed by atoms with Crippen molar-refractivity contribution in [2.45, 2.75) is 6.42 Å². The molecule has 3 nitrogen and oxygen atoms in total. The first kappa shape index (κ1) is 7.72. The van der Waals surface area contributed by atoms with Crippen molar-refractivity contribution in [2.24, 2.45) is 0 Å². The molecule has 0 aromatic heterocycles. The van der Waals surface area contributed by atoms with Gasteiger partial charge < -0.3 is 15.7 Å². The van der Waals surface area contributed by atoms with E-state index in [0.29, 0.717) is 0 Å². The third kappa shape index (κ3) is 1.22. The van der Waals surface area contributed by atoms with Crippen LogP contribution < -0.4 is 0 Å². The summed E-state index contributed by atoms with van der Waals surface area (Å²) in [6, 6.07) is 0. The fourth-order valence-corrected chi connectivity index (χ4v) is 1.19. The Morgan fingerprint density at radius 1 is 1.36 bits per heavy atom. The largest absolute Gasteiger partial charge is 0.347 e. The minimum absolute atomic E-state index is 0.801. The molecule has 1 heterocycles. The molecule has 0 aromatic carbocycles. The van der Waals surface area contributed by atoms with E-state index in [1.54, 1.807) is 6.20 Å². The van der Waals surface area contributed by atoms with Crippen molar-refractivity contribution in [3.8, 4) is 0 Å². The third-order valence-corrected chi connectivity index (χ3v) is 1.79. The molecule has 11 heavy (non-hydrogen) atoms. The summed E-state index contributed by atoms with van der Waals surface area (Å²) in [5.74, 6) is 0. The summed E-state index contributed by atoms with van der Waals surface area (Å²) >= 11 is 0. The van der Waals surface area contributed by atoms with Gasteiger partial charge in [-0.1, -0.05) is 6.58 Å². The number of allylic oxidation sites excluding steroid dienone is 1. The van der Waals surface area contributed by atoms with Crippen molar-refractivity contribution in [2.75, 3.05) is 6.54 Å². The predicted octanol–water partition coefficient (Wildman–Crippen LogP) is 1.39. The van der Waals surface area contributed by atoms with E-state index in [0.717, 1.165) is 24.2 Å². The van der Waals surface area contributed by atoms with E-state index in [1.165, 1.54) is 12.4 Å². The molecule has 0 aromatic rings. The standard InChI is InChI=1S/C8H11N3/c1-2-11-4-3-7(5-9)8(11)6-10/h2,5-6,9-10H,1,3-4H2. The van der Waals surface area contributed by atoms with E-state index in [1.807, 2.05) is 4.90 Å². The van der Waals surface area contributed by atoms with Crippen molar-refractivity contribution in [3.05, 3.63) is 24.0 Å². The Kier molecular flexibility index (Phi) is 2.21. The number of nitrogens with one attached hydrogen (secondary N) is 2. The van der Waals surface area contributed by atoms with Gasteiger partial charge in [0.05, 0.1) is 5.70 Å². The molecule has 0 fully saturated rings. The lowest BCUT2D eigenvalue weighted by Crippen LogP contribution is -2.11. The van der Waals surface area contributed by atoms with Crippen LogP contribution in [0.4, 0.5) is 0 Å². The van der Waals surface area contributed by atoms with E-state index in [-0.39, 0.29) is 0 Å². The minimum atomic E-state index is 0.801. The zero-order valence-corrected chi connectivity index (χ0v) is 6.30. The molecule has 0 bridgehead atoms. The van der Waals surface area contributed by atoms with Crippen LogP contribution in [0, 0.1) is 10.8 Å². The van der Waals surface area contributed by atoms with Gasteiger partial charge in [-0.15, -0.1) is 0 Å². The van der Waals surface area contributed by atoms with Crippen LogP contribution in [0.1, 0.15) is 6.42 Å². The van der Waals surface area contributed by atoms with Crippen molar-refractivity contribution in [1.29, 1.82) is 10.8 Å². The summed E-state index contributed by atoms with van der Waals surface area (Å²) in [5, 5.41) is 14.1. The zero-order chi connectivity index (χ0) is 8.27. The lowest BCUT2D eigenvalue weighted by molar-refractivity contribution is 0.534. The first-order valence-corrected chi connectivity index (χ1v) is 3.46. The van der Waals surface area contributed by atoms with Crippen LogP contribution in [0.15, 0.2) is 24.0 Å². The summed E-state index contributed by atoms with van der Waals surface area (Å²) in [7, 11) is 0. The van der Waals surface area contributed by atoms with E-state index in [2.05, 4.69) is 6.58 Å². The maximum absolute atomic E-state index is 7.09. The summed E-state index contributed by atoms with van der Waals surface area (Å²) in [6.07, 6.45) is 5.12. The SMILES string of the molecule is C=CN1CCC(C=N)=C1C=N. The van der Waals surface area contributed by atoms with Gasteiger partial charge in [-0.05, 0) is 18.2 Å². The number of hydrogen-bond acceptors (Lipinski definition) is 3. The van der Waals surface area contributed by atoms with Crippen LogP contribution >= 0.6 is 0 Å².